The minimum absolute atomic E-state index is 0.0615. The minimum atomic E-state index is 0.0615. The lowest BCUT2D eigenvalue weighted by atomic mass is 9.95. The summed E-state index contributed by atoms with van der Waals surface area (Å²) in [5.74, 6) is 1.74. The molecule has 1 aromatic carbocycles. The third kappa shape index (κ3) is 6.25. The van der Waals surface area contributed by atoms with Crippen molar-refractivity contribution in [1.82, 2.24) is 25.2 Å². The quantitative estimate of drug-likeness (QED) is 0.463. The summed E-state index contributed by atoms with van der Waals surface area (Å²) < 4.78 is 0. The van der Waals surface area contributed by atoms with Crippen LogP contribution in [0.15, 0.2) is 42.7 Å². The topological polar surface area (TPSA) is 86.3 Å². The average molecular weight is 476 g/mol. The molecular formula is C27H37N7O. The van der Waals surface area contributed by atoms with Crippen LogP contribution in [0.4, 0.5) is 11.8 Å². The molecule has 3 aromatic rings. The van der Waals surface area contributed by atoms with Gasteiger partial charge in [-0.1, -0.05) is 38.1 Å². The molecule has 0 atom stereocenters. The summed E-state index contributed by atoms with van der Waals surface area (Å²) in [5, 5.41) is 7.41. The van der Waals surface area contributed by atoms with Gasteiger partial charge in [-0.05, 0) is 50.0 Å². The molecule has 35 heavy (non-hydrogen) atoms. The average Bonchev–Trinajstić information content (AvgIpc) is 2.90. The van der Waals surface area contributed by atoms with Gasteiger partial charge in [0, 0.05) is 51.0 Å². The Bertz CT molecular complexity index is 1120. The van der Waals surface area contributed by atoms with Gasteiger partial charge in [0.05, 0.1) is 10.9 Å². The van der Waals surface area contributed by atoms with E-state index >= 15 is 0 Å². The van der Waals surface area contributed by atoms with Crippen molar-refractivity contribution in [1.29, 1.82) is 0 Å². The van der Waals surface area contributed by atoms with Crippen LogP contribution in [0, 0.1) is 12.8 Å². The van der Waals surface area contributed by atoms with Gasteiger partial charge in [0.15, 0.2) is 0 Å². The molecule has 0 bridgehead atoms. The summed E-state index contributed by atoms with van der Waals surface area (Å²) in [6.07, 6.45) is 5.32. The molecule has 0 unspecified atom stereocenters. The Morgan fingerprint density at radius 2 is 1.89 bits per heavy atom. The van der Waals surface area contributed by atoms with Crippen LogP contribution in [0.1, 0.15) is 37.8 Å². The molecule has 8 nitrogen and oxygen atoms in total. The maximum atomic E-state index is 12.6. The van der Waals surface area contributed by atoms with Crippen LogP contribution in [0.3, 0.4) is 0 Å². The number of aromatic nitrogens is 3. The highest BCUT2D eigenvalue weighted by atomic mass is 16.1. The van der Waals surface area contributed by atoms with Crippen LogP contribution in [0.25, 0.3) is 10.9 Å². The molecule has 0 spiro atoms. The summed E-state index contributed by atoms with van der Waals surface area (Å²) >= 11 is 0. The predicted octanol–water partition coefficient (Wildman–Crippen LogP) is 3.62. The van der Waals surface area contributed by atoms with Gasteiger partial charge < -0.3 is 20.4 Å². The van der Waals surface area contributed by atoms with Crippen LogP contribution < -0.4 is 15.5 Å². The van der Waals surface area contributed by atoms with E-state index in [1.54, 1.807) is 0 Å². The highest BCUT2D eigenvalue weighted by molar-refractivity contribution is 5.89. The molecule has 4 rings (SSSR count). The monoisotopic (exact) mass is 475 g/mol. The van der Waals surface area contributed by atoms with Crippen molar-refractivity contribution in [3.63, 3.8) is 0 Å². The molecule has 3 heterocycles. The highest BCUT2D eigenvalue weighted by Gasteiger charge is 2.26. The smallest absolute Gasteiger partial charge is 0.223 e. The van der Waals surface area contributed by atoms with Crippen molar-refractivity contribution in [2.24, 2.45) is 5.92 Å². The normalized spacial score (nSPS) is 14.5. The lowest BCUT2D eigenvalue weighted by Crippen LogP contribution is -2.42. The Morgan fingerprint density at radius 3 is 2.63 bits per heavy atom. The molecule has 0 saturated carbocycles. The second-order valence-electron chi connectivity index (χ2n) is 9.12. The predicted molar refractivity (Wildman–Crippen MR) is 142 cm³/mol. The Balaban J connectivity index is 1.34. The molecule has 8 heteroatoms. The van der Waals surface area contributed by atoms with Crippen molar-refractivity contribution in [2.75, 3.05) is 49.5 Å². The standard InChI is InChI=1S/C27H37N7O/c1-4-33(5-2)17-14-29-26(35)21-11-15-34(16-12-21)25-23-19-31-27(32-24(23)10-13-28-25)30-18-22-9-7-6-8-20(22)3/h6-10,13,19,21H,4-5,11-12,14-18H2,1-3H3,(H,29,35)(H,30,31,32). The molecule has 1 fully saturated rings. The van der Waals surface area contributed by atoms with E-state index in [4.69, 9.17) is 4.98 Å². The lowest BCUT2D eigenvalue weighted by Gasteiger charge is -2.32. The first-order valence-electron chi connectivity index (χ1n) is 12.7. The molecule has 1 aliphatic rings. The number of likely N-dealkylation sites (N-methyl/N-ethyl adjacent to an activating group) is 1. The van der Waals surface area contributed by atoms with Crippen molar-refractivity contribution in [3.8, 4) is 0 Å². The largest absolute Gasteiger partial charge is 0.356 e. The van der Waals surface area contributed by atoms with Gasteiger partial charge in [0.1, 0.15) is 5.82 Å². The third-order valence-electron chi connectivity index (χ3n) is 6.97. The molecule has 0 aliphatic carbocycles. The van der Waals surface area contributed by atoms with Gasteiger partial charge >= 0.3 is 0 Å². The second-order valence-corrected chi connectivity index (χ2v) is 9.12. The van der Waals surface area contributed by atoms with E-state index in [9.17, 15) is 4.79 Å². The van der Waals surface area contributed by atoms with Gasteiger partial charge in [-0.15, -0.1) is 0 Å². The zero-order chi connectivity index (χ0) is 24.6. The zero-order valence-electron chi connectivity index (χ0n) is 21.1. The molecule has 2 N–H and O–H groups in total. The number of rotatable bonds is 10. The van der Waals surface area contributed by atoms with Crippen LogP contribution in [0.2, 0.25) is 0 Å². The zero-order valence-corrected chi connectivity index (χ0v) is 21.1. The number of piperidine rings is 1. The molecule has 2 aromatic heterocycles. The van der Waals surface area contributed by atoms with Crippen LogP contribution in [-0.4, -0.2) is 65.0 Å². The fraction of sp³-hybridized carbons (Fsp3) is 0.481. The number of carbonyl (C=O) groups is 1. The number of amides is 1. The first-order chi connectivity index (χ1) is 17.1. The number of hydrogen-bond acceptors (Lipinski definition) is 7. The summed E-state index contributed by atoms with van der Waals surface area (Å²) in [4.78, 5) is 31.1. The van der Waals surface area contributed by atoms with E-state index < -0.39 is 0 Å². The SMILES string of the molecule is CCN(CC)CCNC(=O)C1CCN(c2nccc3nc(NCc4ccccc4C)ncc23)CC1. The van der Waals surface area contributed by atoms with Gasteiger partial charge in [-0.25, -0.2) is 15.0 Å². The number of aryl methyl sites for hydroxylation is 1. The molecule has 1 amide bonds. The fourth-order valence-corrected chi connectivity index (χ4v) is 4.64. The van der Waals surface area contributed by atoms with Crippen molar-refractivity contribution >= 4 is 28.6 Å². The number of nitrogens with one attached hydrogen (secondary N) is 2. The van der Waals surface area contributed by atoms with Crippen molar-refractivity contribution in [3.05, 3.63) is 53.9 Å². The molecule has 0 radical (unpaired) electrons. The fourth-order valence-electron chi connectivity index (χ4n) is 4.64. The Hall–Kier alpha value is -3.26. The van der Waals surface area contributed by atoms with Crippen LogP contribution >= 0.6 is 0 Å². The van der Waals surface area contributed by atoms with E-state index in [0.29, 0.717) is 19.0 Å². The summed E-state index contributed by atoms with van der Waals surface area (Å²) in [5.41, 5.74) is 3.34. The first kappa shape index (κ1) is 24.9. The van der Waals surface area contributed by atoms with Gasteiger partial charge in [0.2, 0.25) is 11.9 Å². The van der Waals surface area contributed by atoms with E-state index in [0.717, 1.165) is 62.3 Å². The Morgan fingerprint density at radius 1 is 1.11 bits per heavy atom. The minimum Gasteiger partial charge on any atom is -0.356 e. The van der Waals surface area contributed by atoms with E-state index in [2.05, 4.69) is 63.3 Å². The summed E-state index contributed by atoms with van der Waals surface area (Å²) in [6.45, 7) is 12.3. The first-order valence-corrected chi connectivity index (χ1v) is 12.7. The number of nitrogens with zero attached hydrogens (tertiary/aromatic N) is 5. The third-order valence-corrected chi connectivity index (χ3v) is 6.97. The number of anilines is 2. The van der Waals surface area contributed by atoms with Crippen molar-refractivity contribution < 1.29 is 4.79 Å². The van der Waals surface area contributed by atoms with Crippen molar-refractivity contribution in [2.45, 2.75) is 40.2 Å². The summed E-state index contributed by atoms with van der Waals surface area (Å²) in [7, 11) is 0. The number of hydrogen-bond donors (Lipinski definition) is 2. The van der Waals surface area contributed by atoms with Gasteiger partial charge in [-0.2, -0.15) is 0 Å². The van der Waals surface area contributed by atoms with Crippen LogP contribution in [-0.2, 0) is 11.3 Å². The highest BCUT2D eigenvalue weighted by Crippen LogP contribution is 2.28. The van der Waals surface area contributed by atoms with Gasteiger partial charge in [-0.3, -0.25) is 4.79 Å². The number of fused-ring (bicyclic) bond motifs is 1. The Labute approximate surface area is 208 Å². The molecule has 186 valence electrons. The maximum absolute atomic E-state index is 12.6. The van der Waals surface area contributed by atoms with Gasteiger partial charge in [0.25, 0.3) is 0 Å². The summed E-state index contributed by atoms with van der Waals surface area (Å²) in [6, 6.07) is 10.2. The van der Waals surface area contributed by atoms with Crippen LogP contribution in [0.5, 0.6) is 0 Å². The van der Waals surface area contributed by atoms with E-state index in [-0.39, 0.29) is 11.8 Å². The maximum Gasteiger partial charge on any atom is 0.223 e. The molecular weight excluding hydrogens is 438 g/mol. The number of pyridine rings is 1. The second kappa shape index (κ2) is 11.9. The van der Waals surface area contributed by atoms with E-state index in [1.165, 1.54) is 11.1 Å². The number of benzene rings is 1. The Kier molecular flexibility index (Phi) is 8.47. The number of carbonyl (C=O) groups excluding carboxylic acids is 1. The molecule has 1 aliphatic heterocycles. The lowest BCUT2D eigenvalue weighted by molar-refractivity contribution is -0.125. The van der Waals surface area contributed by atoms with E-state index in [1.807, 2.05) is 30.6 Å². The molecule has 1 saturated heterocycles.